The van der Waals surface area contributed by atoms with Crippen LogP contribution in [0.4, 0.5) is 5.69 Å². The first-order chi connectivity index (χ1) is 4.43. The molecule has 2 N–H and O–H groups in total. The number of hydrogen-bond donors (Lipinski definition) is 2. The van der Waals surface area contributed by atoms with Crippen LogP contribution in [0.1, 0.15) is 13.3 Å². The van der Waals surface area contributed by atoms with Gasteiger partial charge in [0.1, 0.15) is 6.20 Å². The highest BCUT2D eigenvalue weighted by atomic mass is 15.1. The molecule has 0 atom stereocenters. The lowest BCUT2D eigenvalue weighted by Crippen LogP contribution is -1.97. The van der Waals surface area contributed by atoms with Crippen LogP contribution in [0.2, 0.25) is 0 Å². The summed E-state index contributed by atoms with van der Waals surface area (Å²) in [5.41, 5.74) is 0.942. The summed E-state index contributed by atoms with van der Waals surface area (Å²) in [6, 6.07) is 0. The van der Waals surface area contributed by atoms with Gasteiger partial charge in [0.05, 0.1) is 5.69 Å². The van der Waals surface area contributed by atoms with Crippen molar-refractivity contribution in [3.63, 3.8) is 0 Å². The summed E-state index contributed by atoms with van der Waals surface area (Å²) in [4.78, 5) is 0. The largest absolute Gasteiger partial charge is 0.382 e. The van der Waals surface area contributed by atoms with Crippen molar-refractivity contribution < 1.29 is 0 Å². The van der Waals surface area contributed by atoms with Gasteiger partial charge in [0.15, 0.2) is 0 Å². The standard InChI is InChI=1S/C6H10N3/c1-2-3-7-6-4-8-9-5-6/h4,7H,2-3H2,1H3,(H,8,9). The minimum atomic E-state index is 0.942. The minimum Gasteiger partial charge on any atom is -0.382 e. The molecule has 49 valence electrons. The van der Waals surface area contributed by atoms with Crippen LogP contribution in [0.5, 0.6) is 0 Å². The molecule has 0 fully saturated rings. The lowest BCUT2D eigenvalue weighted by atomic mass is 10.4. The molecule has 0 saturated carbocycles. The Morgan fingerprint density at radius 2 is 2.78 bits per heavy atom. The van der Waals surface area contributed by atoms with Crippen molar-refractivity contribution in [2.45, 2.75) is 13.3 Å². The molecule has 0 aliphatic rings. The van der Waals surface area contributed by atoms with Crippen LogP contribution in [-0.4, -0.2) is 16.7 Å². The van der Waals surface area contributed by atoms with Gasteiger partial charge < -0.3 is 5.32 Å². The predicted octanol–water partition coefficient (Wildman–Crippen LogP) is 1.03. The average Bonchev–Trinajstić information content (AvgIpc) is 2.34. The maximum absolute atomic E-state index is 3.66. The van der Waals surface area contributed by atoms with Crippen molar-refractivity contribution in [1.82, 2.24) is 10.2 Å². The third-order valence-corrected chi connectivity index (χ3v) is 1.02. The summed E-state index contributed by atoms with van der Waals surface area (Å²) in [6.45, 7) is 3.10. The van der Waals surface area contributed by atoms with Crippen LogP contribution in [0.15, 0.2) is 6.20 Å². The summed E-state index contributed by atoms with van der Waals surface area (Å²) in [5.74, 6) is 0. The number of nitrogens with one attached hydrogen (secondary N) is 2. The van der Waals surface area contributed by atoms with E-state index < -0.39 is 0 Å². The molecule has 0 spiro atoms. The summed E-state index contributed by atoms with van der Waals surface area (Å²) in [5, 5.41) is 9.46. The first-order valence-electron chi connectivity index (χ1n) is 3.09. The topological polar surface area (TPSA) is 40.7 Å². The average molecular weight is 124 g/mol. The third kappa shape index (κ3) is 1.76. The summed E-state index contributed by atoms with van der Waals surface area (Å²) in [7, 11) is 0. The molecule has 0 aromatic carbocycles. The molecule has 3 heteroatoms. The van der Waals surface area contributed by atoms with Crippen molar-refractivity contribution in [1.29, 1.82) is 0 Å². The molecule has 0 amide bonds. The second-order valence-electron chi connectivity index (χ2n) is 1.84. The van der Waals surface area contributed by atoms with Gasteiger partial charge in [-0.25, -0.2) is 0 Å². The number of H-pyrrole nitrogens is 1. The van der Waals surface area contributed by atoms with Crippen molar-refractivity contribution >= 4 is 5.69 Å². The molecule has 0 aliphatic heterocycles. The highest BCUT2D eigenvalue weighted by Gasteiger charge is 1.88. The quantitative estimate of drug-likeness (QED) is 0.631. The van der Waals surface area contributed by atoms with Crippen LogP contribution >= 0.6 is 0 Å². The third-order valence-electron chi connectivity index (χ3n) is 1.02. The summed E-state index contributed by atoms with van der Waals surface area (Å²) in [6.07, 6.45) is 5.67. The number of rotatable bonds is 3. The minimum absolute atomic E-state index is 0.942. The Bertz CT molecular complexity index is 145. The molecule has 1 aromatic rings. The van der Waals surface area contributed by atoms with E-state index >= 15 is 0 Å². The number of anilines is 1. The second-order valence-corrected chi connectivity index (χ2v) is 1.84. The molecule has 0 bridgehead atoms. The van der Waals surface area contributed by atoms with Gasteiger partial charge in [0, 0.05) is 12.7 Å². The molecule has 1 radical (unpaired) electrons. The summed E-state index contributed by atoms with van der Waals surface area (Å²) < 4.78 is 0. The number of aromatic amines is 1. The lowest BCUT2D eigenvalue weighted by Gasteiger charge is -1.96. The number of hydrogen-bond acceptors (Lipinski definition) is 2. The van der Waals surface area contributed by atoms with Crippen LogP contribution in [0.3, 0.4) is 0 Å². The monoisotopic (exact) mass is 124 g/mol. The van der Waals surface area contributed by atoms with E-state index in [-0.39, 0.29) is 0 Å². The van der Waals surface area contributed by atoms with Crippen molar-refractivity contribution in [2.24, 2.45) is 0 Å². The Labute approximate surface area is 54.5 Å². The number of nitrogens with zero attached hydrogens (tertiary/aromatic N) is 1. The highest BCUT2D eigenvalue weighted by molar-refractivity contribution is 5.35. The SMILES string of the molecule is CCCNc1[c]n[nH]c1. The lowest BCUT2D eigenvalue weighted by molar-refractivity contribution is 0.980. The first kappa shape index (κ1) is 6.13. The molecule has 1 heterocycles. The molecule has 3 nitrogen and oxygen atoms in total. The molecular weight excluding hydrogens is 114 g/mol. The van der Waals surface area contributed by atoms with E-state index in [1.807, 2.05) is 0 Å². The van der Waals surface area contributed by atoms with Crippen LogP contribution in [0, 0.1) is 6.20 Å². The number of aromatic nitrogens is 2. The zero-order valence-electron chi connectivity index (χ0n) is 5.44. The Kier molecular flexibility index (Phi) is 2.13. The normalized spacial score (nSPS) is 9.44. The van der Waals surface area contributed by atoms with Crippen molar-refractivity contribution in [3.05, 3.63) is 12.4 Å². The zero-order valence-corrected chi connectivity index (χ0v) is 5.44. The van der Waals surface area contributed by atoms with Gasteiger partial charge in [-0.2, -0.15) is 5.10 Å². The van der Waals surface area contributed by atoms with Gasteiger partial charge in [0.25, 0.3) is 0 Å². The fourth-order valence-electron chi connectivity index (χ4n) is 0.572. The molecule has 1 aromatic heterocycles. The van der Waals surface area contributed by atoms with E-state index in [1.165, 1.54) is 0 Å². The highest BCUT2D eigenvalue weighted by Crippen LogP contribution is 1.98. The zero-order chi connectivity index (χ0) is 6.53. The Balaban J connectivity index is 2.30. The molecule has 0 saturated heterocycles. The molecule has 0 aliphatic carbocycles. The van der Waals surface area contributed by atoms with E-state index in [9.17, 15) is 0 Å². The van der Waals surface area contributed by atoms with Gasteiger partial charge in [-0.3, -0.25) is 5.10 Å². The van der Waals surface area contributed by atoms with E-state index in [0.29, 0.717) is 0 Å². The van der Waals surface area contributed by atoms with Crippen molar-refractivity contribution in [3.8, 4) is 0 Å². The predicted molar refractivity (Wildman–Crippen MR) is 36.2 cm³/mol. The molecule has 1 rings (SSSR count). The first-order valence-corrected chi connectivity index (χ1v) is 3.09. The van der Waals surface area contributed by atoms with E-state index in [2.05, 4.69) is 28.6 Å². The van der Waals surface area contributed by atoms with E-state index in [4.69, 9.17) is 0 Å². The van der Waals surface area contributed by atoms with Gasteiger partial charge >= 0.3 is 0 Å². The molecule has 9 heavy (non-hydrogen) atoms. The molecular formula is C6H10N3. The van der Waals surface area contributed by atoms with E-state index in [0.717, 1.165) is 18.7 Å². The second kappa shape index (κ2) is 3.12. The Morgan fingerprint density at radius 3 is 3.33 bits per heavy atom. The fraction of sp³-hybridized carbons (Fsp3) is 0.500. The Hall–Kier alpha value is -0.990. The molecule has 0 unspecified atom stereocenters. The van der Waals surface area contributed by atoms with Crippen LogP contribution < -0.4 is 5.32 Å². The maximum atomic E-state index is 3.66. The van der Waals surface area contributed by atoms with E-state index in [1.54, 1.807) is 6.20 Å². The smallest absolute Gasteiger partial charge is 0.138 e. The van der Waals surface area contributed by atoms with Gasteiger partial charge in [0.2, 0.25) is 0 Å². The van der Waals surface area contributed by atoms with Crippen LogP contribution in [0.25, 0.3) is 0 Å². The van der Waals surface area contributed by atoms with Crippen molar-refractivity contribution in [2.75, 3.05) is 11.9 Å². The van der Waals surface area contributed by atoms with Crippen LogP contribution in [-0.2, 0) is 0 Å². The fourth-order valence-corrected chi connectivity index (χ4v) is 0.572. The maximum Gasteiger partial charge on any atom is 0.138 e. The summed E-state index contributed by atoms with van der Waals surface area (Å²) >= 11 is 0. The van der Waals surface area contributed by atoms with Gasteiger partial charge in [-0.1, -0.05) is 6.92 Å². The Morgan fingerprint density at radius 1 is 1.89 bits per heavy atom. The van der Waals surface area contributed by atoms with Gasteiger partial charge in [-0.05, 0) is 6.42 Å². The van der Waals surface area contributed by atoms with Gasteiger partial charge in [-0.15, -0.1) is 0 Å².